The number of thioether (sulfide) groups is 1. The van der Waals surface area contributed by atoms with E-state index in [9.17, 15) is 4.79 Å². The molecule has 144 valence electrons. The van der Waals surface area contributed by atoms with Gasteiger partial charge >= 0.3 is 0 Å². The number of rotatable bonds is 6. The molecule has 6 nitrogen and oxygen atoms in total. The first-order valence-electron chi connectivity index (χ1n) is 8.83. The van der Waals surface area contributed by atoms with Crippen molar-refractivity contribution in [2.75, 3.05) is 5.32 Å². The summed E-state index contributed by atoms with van der Waals surface area (Å²) < 4.78 is 2.48. The molecule has 0 bridgehead atoms. The average Bonchev–Trinajstić information content (AvgIpc) is 3.28. The molecule has 0 spiro atoms. The molecule has 0 saturated heterocycles. The number of hydrogen-bond donors (Lipinski definition) is 1. The van der Waals surface area contributed by atoms with Crippen LogP contribution >= 0.6 is 34.4 Å². The van der Waals surface area contributed by atoms with Crippen molar-refractivity contribution in [2.24, 2.45) is 0 Å². The van der Waals surface area contributed by atoms with Crippen molar-refractivity contribution in [3.8, 4) is 0 Å². The van der Waals surface area contributed by atoms with E-state index in [4.69, 9.17) is 0 Å². The zero-order chi connectivity index (χ0) is 19.7. The summed E-state index contributed by atoms with van der Waals surface area (Å²) >= 11 is 4.53. The lowest BCUT2D eigenvalue weighted by molar-refractivity contribution is 0.992. The molecule has 0 aliphatic rings. The Morgan fingerprint density at radius 1 is 1.25 bits per heavy atom. The molecule has 1 aromatic carbocycles. The second kappa shape index (κ2) is 8.02. The summed E-state index contributed by atoms with van der Waals surface area (Å²) in [5, 5.41) is 14.6. The van der Waals surface area contributed by atoms with E-state index in [1.54, 1.807) is 22.2 Å². The highest BCUT2D eigenvalue weighted by molar-refractivity contribution is 8.00. The Hall–Kier alpha value is -2.23. The molecule has 0 radical (unpaired) electrons. The molecule has 0 atom stereocenters. The van der Waals surface area contributed by atoms with Gasteiger partial charge in [0, 0.05) is 28.6 Å². The van der Waals surface area contributed by atoms with Crippen LogP contribution in [0.1, 0.15) is 29.4 Å². The summed E-state index contributed by atoms with van der Waals surface area (Å²) in [6.07, 6.45) is 0.955. The first-order valence-corrected chi connectivity index (χ1v) is 11.5. The number of thiazole rings is 1. The lowest BCUT2D eigenvalue weighted by Gasteiger charge is -2.11. The maximum Gasteiger partial charge on any atom is 0.258 e. The van der Waals surface area contributed by atoms with Gasteiger partial charge in [-0.25, -0.2) is 4.98 Å². The summed E-state index contributed by atoms with van der Waals surface area (Å²) in [7, 11) is 0. The molecule has 4 rings (SSSR count). The summed E-state index contributed by atoms with van der Waals surface area (Å²) in [4.78, 5) is 17.6. The van der Waals surface area contributed by atoms with Crippen LogP contribution in [0.15, 0.2) is 38.8 Å². The van der Waals surface area contributed by atoms with Crippen LogP contribution in [0, 0.1) is 13.8 Å². The predicted molar refractivity (Wildman–Crippen MR) is 117 cm³/mol. The molecule has 0 amide bonds. The van der Waals surface area contributed by atoms with Crippen LogP contribution in [0.4, 0.5) is 10.8 Å². The van der Waals surface area contributed by atoms with E-state index in [1.165, 1.54) is 33.8 Å². The number of anilines is 2. The minimum atomic E-state index is -0.0365. The fourth-order valence-electron chi connectivity index (χ4n) is 2.94. The van der Waals surface area contributed by atoms with E-state index in [-0.39, 0.29) is 5.56 Å². The van der Waals surface area contributed by atoms with E-state index >= 15 is 0 Å². The number of hydrogen-bond acceptors (Lipinski definition) is 8. The Bertz CT molecular complexity index is 1190. The van der Waals surface area contributed by atoms with Crippen molar-refractivity contribution in [2.45, 2.75) is 37.3 Å². The van der Waals surface area contributed by atoms with Crippen LogP contribution in [-0.4, -0.2) is 19.6 Å². The Morgan fingerprint density at radius 2 is 2.11 bits per heavy atom. The number of nitrogens with zero attached hydrogens (tertiary/aromatic N) is 4. The van der Waals surface area contributed by atoms with Gasteiger partial charge < -0.3 is 5.32 Å². The quantitative estimate of drug-likeness (QED) is 0.443. The SMILES string of the molecule is CCc1cccc(C)c1Nc1nnc(SCc2cc(=O)n3c(C)csc3n2)s1. The van der Waals surface area contributed by atoms with Gasteiger partial charge in [0.25, 0.3) is 5.56 Å². The maximum atomic E-state index is 12.3. The van der Waals surface area contributed by atoms with Gasteiger partial charge in [-0.15, -0.1) is 21.5 Å². The molecule has 0 aliphatic heterocycles. The van der Waals surface area contributed by atoms with Crippen molar-refractivity contribution in [3.63, 3.8) is 0 Å². The molecular weight excluding hydrogens is 410 g/mol. The first-order chi connectivity index (χ1) is 13.5. The largest absolute Gasteiger partial charge is 0.330 e. The Balaban J connectivity index is 1.48. The molecule has 1 N–H and O–H groups in total. The van der Waals surface area contributed by atoms with Gasteiger partial charge in [-0.1, -0.05) is 48.2 Å². The van der Waals surface area contributed by atoms with Gasteiger partial charge in [0.1, 0.15) is 0 Å². The number of nitrogens with one attached hydrogen (secondary N) is 1. The summed E-state index contributed by atoms with van der Waals surface area (Å²) in [5.74, 6) is 0.585. The Morgan fingerprint density at radius 3 is 2.93 bits per heavy atom. The maximum absolute atomic E-state index is 12.3. The monoisotopic (exact) mass is 429 g/mol. The van der Waals surface area contributed by atoms with Gasteiger partial charge in [0.15, 0.2) is 9.30 Å². The van der Waals surface area contributed by atoms with Crippen LogP contribution < -0.4 is 10.9 Å². The zero-order valence-electron chi connectivity index (χ0n) is 15.7. The predicted octanol–water partition coefficient (Wildman–Crippen LogP) is 4.82. The molecule has 3 heterocycles. The van der Waals surface area contributed by atoms with Crippen LogP contribution in [0.25, 0.3) is 4.96 Å². The Kier molecular flexibility index (Phi) is 5.47. The second-order valence-electron chi connectivity index (χ2n) is 6.33. The fourth-order valence-corrected chi connectivity index (χ4v) is 5.48. The lowest BCUT2D eigenvalue weighted by atomic mass is 10.1. The van der Waals surface area contributed by atoms with E-state index in [2.05, 4.69) is 52.5 Å². The molecule has 0 unspecified atom stereocenters. The minimum Gasteiger partial charge on any atom is -0.330 e. The molecule has 28 heavy (non-hydrogen) atoms. The molecule has 0 saturated carbocycles. The molecule has 0 fully saturated rings. The van der Waals surface area contributed by atoms with E-state index in [0.717, 1.165) is 37.9 Å². The fraction of sp³-hybridized carbons (Fsp3) is 0.263. The molecule has 9 heteroatoms. The highest BCUT2D eigenvalue weighted by atomic mass is 32.2. The van der Waals surface area contributed by atoms with Gasteiger partial charge in [0.05, 0.1) is 5.69 Å². The third kappa shape index (κ3) is 3.82. The molecule has 0 aliphatic carbocycles. The minimum absolute atomic E-state index is 0.0365. The number of aromatic nitrogens is 4. The van der Waals surface area contributed by atoms with Crippen molar-refractivity contribution in [1.29, 1.82) is 0 Å². The zero-order valence-corrected chi connectivity index (χ0v) is 18.2. The van der Waals surface area contributed by atoms with Crippen LogP contribution in [0.3, 0.4) is 0 Å². The third-order valence-electron chi connectivity index (χ3n) is 4.35. The average molecular weight is 430 g/mol. The van der Waals surface area contributed by atoms with Gasteiger partial charge in [-0.2, -0.15) is 0 Å². The van der Waals surface area contributed by atoms with Gasteiger partial charge in [-0.3, -0.25) is 9.20 Å². The van der Waals surface area contributed by atoms with Crippen molar-refractivity contribution in [3.05, 3.63) is 62.5 Å². The second-order valence-corrected chi connectivity index (χ2v) is 9.37. The van der Waals surface area contributed by atoms with E-state index < -0.39 is 0 Å². The van der Waals surface area contributed by atoms with Crippen LogP contribution in [0.5, 0.6) is 0 Å². The van der Waals surface area contributed by atoms with Gasteiger partial charge in [0.2, 0.25) is 5.13 Å². The normalized spacial score (nSPS) is 11.2. The van der Waals surface area contributed by atoms with E-state index in [0.29, 0.717) is 5.75 Å². The summed E-state index contributed by atoms with van der Waals surface area (Å²) in [6, 6.07) is 7.88. The Labute approximate surface area is 174 Å². The van der Waals surface area contributed by atoms with Crippen molar-refractivity contribution in [1.82, 2.24) is 19.6 Å². The number of para-hydroxylation sites is 1. The van der Waals surface area contributed by atoms with Crippen molar-refractivity contribution < 1.29 is 0 Å². The van der Waals surface area contributed by atoms with Crippen LogP contribution in [0.2, 0.25) is 0 Å². The standard InChI is InChI=1S/C19H19N5OS3/c1-4-13-7-5-6-11(2)16(13)21-17-22-23-19(28-17)27-10-14-8-15(25)24-12(3)9-26-18(24)20-14/h5-9H,4,10H2,1-3H3,(H,21,22). The molecule has 4 aromatic rings. The first kappa shape index (κ1) is 19.1. The number of fused-ring (bicyclic) bond motifs is 1. The highest BCUT2D eigenvalue weighted by Crippen LogP contribution is 2.31. The topological polar surface area (TPSA) is 72.2 Å². The summed E-state index contributed by atoms with van der Waals surface area (Å²) in [6.45, 7) is 6.14. The smallest absolute Gasteiger partial charge is 0.258 e. The lowest BCUT2D eigenvalue weighted by Crippen LogP contribution is -2.14. The van der Waals surface area contributed by atoms with Gasteiger partial charge in [-0.05, 0) is 31.4 Å². The van der Waals surface area contributed by atoms with Crippen molar-refractivity contribution >= 4 is 50.2 Å². The highest BCUT2D eigenvalue weighted by Gasteiger charge is 2.11. The number of benzene rings is 1. The van der Waals surface area contributed by atoms with E-state index in [1.807, 2.05) is 12.3 Å². The third-order valence-corrected chi connectivity index (χ3v) is 7.30. The number of aryl methyl sites for hydroxylation is 3. The van der Waals surface area contributed by atoms with Crippen LogP contribution in [-0.2, 0) is 12.2 Å². The molecule has 3 aromatic heterocycles. The summed E-state index contributed by atoms with van der Waals surface area (Å²) in [5.41, 5.74) is 5.19. The molecular formula is C19H19N5OS3.